The minimum absolute atomic E-state index is 0. The number of aromatic nitrogens is 4. The number of H-pyrrole nitrogens is 2. The number of hydrogen-bond acceptors (Lipinski definition) is 14. The highest BCUT2D eigenvalue weighted by Crippen LogP contribution is 2.32. The van der Waals surface area contributed by atoms with Crippen LogP contribution in [-0.2, 0) is 32.0 Å². The number of aromatic amines is 2. The molecular formula is C66H96N8O10. The van der Waals surface area contributed by atoms with Crippen LogP contribution in [0.15, 0.2) is 165 Å². The predicted molar refractivity (Wildman–Crippen MR) is 334 cm³/mol. The summed E-state index contributed by atoms with van der Waals surface area (Å²) in [6, 6.07) is 44.8. The fourth-order valence-electron chi connectivity index (χ4n) is 9.67. The van der Waals surface area contributed by atoms with Gasteiger partial charge in [-0.3, -0.25) is 33.6 Å². The number of likely N-dealkylation sites (tertiary alicyclic amines) is 1. The first kappa shape index (κ1) is 69.7. The van der Waals surface area contributed by atoms with Crippen molar-refractivity contribution in [2.45, 2.75) is 149 Å². The van der Waals surface area contributed by atoms with Crippen LogP contribution >= 0.6 is 0 Å². The van der Waals surface area contributed by atoms with Gasteiger partial charge in [0.2, 0.25) is 0 Å². The molecule has 460 valence electrons. The van der Waals surface area contributed by atoms with Crippen LogP contribution in [0.2, 0.25) is 0 Å². The van der Waals surface area contributed by atoms with Gasteiger partial charge < -0.3 is 39.2 Å². The van der Waals surface area contributed by atoms with Gasteiger partial charge in [-0.25, -0.2) is 14.4 Å². The normalized spacial score (nSPS) is 19.8. The number of benzene rings is 4. The number of aliphatic hydroxyl groups excluding tert-OH is 1. The van der Waals surface area contributed by atoms with Gasteiger partial charge in [0, 0.05) is 69.1 Å². The summed E-state index contributed by atoms with van der Waals surface area (Å²) in [6.45, 7) is 17.2. The SMILES string of the molecule is C.C1CCNCC1.CC[C@H]1O[C@@H](n2cc(C)c(=O)[nH]c2=O)CC1O.CC[C@H]1O[C@@H](n2cc(C)c(=O)[nH]c2=O)CC1OC(=O)OCCN(C)Cc1ccccc1.CN(CCN1CCCCC1)Cc1ccccc1.c1ccccc1.c1ccccc1. The van der Waals surface area contributed by atoms with Crippen LogP contribution in [0.1, 0.15) is 120 Å². The lowest BCUT2D eigenvalue weighted by Crippen LogP contribution is -2.36. The molecule has 4 saturated heterocycles. The molecule has 4 aromatic carbocycles. The Balaban J connectivity index is 0.000000242. The summed E-state index contributed by atoms with van der Waals surface area (Å²) in [5, 5.41) is 13.0. The second-order valence-corrected chi connectivity index (χ2v) is 21.3. The highest BCUT2D eigenvalue weighted by Gasteiger charge is 2.39. The maximum atomic E-state index is 12.2. The summed E-state index contributed by atoms with van der Waals surface area (Å²) in [5.41, 5.74) is 1.56. The number of carbonyl (C=O) groups excluding carboxylic acids is 1. The lowest BCUT2D eigenvalue weighted by Gasteiger charge is -2.28. The zero-order valence-corrected chi connectivity index (χ0v) is 49.8. The Morgan fingerprint density at radius 1 is 0.595 bits per heavy atom. The molecule has 0 radical (unpaired) electrons. The van der Waals surface area contributed by atoms with E-state index in [2.05, 4.69) is 67.4 Å². The number of ether oxygens (including phenoxy) is 4. The van der Waals surface area contributed by atoms with E-state index in [1.807, 2.05) is 124 Å². The summed E-state index contributed by atoms with van der Waals surface area (Å²) >= 11 is 0. The van der Waals surface area contributed by atoms with E-state index in [4.69, 9.17) is 18.9 Å². The van der Waals surface area contributed by atoms with Gasteiger partial charge >= 0.3 is 17.5 Å². The molecule has 0 aliphatic carbocycles. The monoisotopic (exact) mass is 1160 g/mol. The number of aliphatic hydroxyl groups is 1. The maximum absolute atomic E-state index is 12.2. The number of piperidine rings is 2. The summed E-state index contributed by atoms with van der Waals surface area (Å²) in [6.07, 6.45) is 9.71. The fourth-order valence-corrected chi connectivity index (χ4v) is 9.67. The van der Waals surface area contributed by atoms with Gasteiger partial charge in [-0.2, -0.15) is 0 Å². The van der Waals surface area contributed by atoms with Gasteiger partial charge in [-0.05, 0) is 104 Å². The van der Waals surface area contributed by atoms with Crippen LogP contribution in [0.4, 0.5) is 4.79 Å². The number of carbonyl (C=O) groups is 1. The molecule has 4 aliphatic heterocycles. The van der Waals surface area contributed by atoms with Crippen LogP contribution in [0.3, 0.4) is 0 Å². The van der Waals surface area contributed by atoms with Crippen LogP contribution < -0.4 is 27.8 Å². The highest BCUT2D eigenvalue weighted by molar-refractivity contribution is 5.60. The molecule has 0 amide bonds. The van der Waals surface area contributed by atoms with Crippen LogP contribution in [0.5, 0.6) is 0 Å². The molecular weight excluding hydrogens is 1060 g/mol. The second-order valence-electron chi connectivity index (χ2n) is 21.3. The zero-order chi connectivity index (χ0) is 59.6. The van der Waals surface area contributed by atoms with Crippen molar-refractivity contribution in [2.24, 2.45) is 0 Å². The van der Waals surface area contributed by atoms with E-state index in [-0.39, 0.29) is 26.2 Å². The highest BCUT2D eigenvalue weighted by atomic mass is 16.7. The summed E-state index contributed by atoms with van der Waals surface area (Å²) in [4.78, 5) is 70.3. The molecule has 6 heterocycles. The number of nitrogens with one attached hydrogen (secondary N) is 3. The topological polar surface area (TPSA) is 206 Å². The Hall–Kier alpha value is -6.77. The van der Waals surface area contributed by atoms with E-state index in [0.717, 1.165) is 13.1 Å². The molecule has 4 aliphatic rings. The standard InChI is InChI=1S/C22H29N3O6.C15H24N2.C11H16N2O4.2C6H6.C5H11N.CH4/c1-4-17-18(12-19(30-17)25-13-15(2)20(26)23-21(25)27)31-22(28)29-11-10-24(3)14-16-8-6-5-7-9-16;1-16(14-15-8-4-2-5-9-15)12-13-17-10-6-3-7-11-17;1-3-8-7(14)4-9(17-8)13-5-6(2)10(15)12-11(13)16;3*1-2-4-6-5-3-1;/h5-9,13,17-19H,4,10-12,14H2,1-3H3,(H,23,26,27);2,4-5,8-9H,3,6-7,10-14H2,1H3;5,7-9,14H,3-4H2,1-2H3,(H,12,15,16);2*1-6H;6H,1-5H2;1H4/t17-,18?,19-;;7?,8-,9-;;;;/m1.1..../s1. The molecule has 0 spiro atoms. The van der Waals surface area contributed by atoms with Crippen LogP contribution in [-0.4, -0.2) is 136 Å². The molecule has 0 saturated carbocycles. The Kier molecular flexibility index (Phi) is 33.0. The largest absolute Gasteiger partial charge is 0.508 e. The quantitative estimate of drug-likeness (QED) is 0.0708. The number of rotatable bonds is 15. The number of hydrogen-bond donors (Lipinski definition) is 4. The van der Waals surface area contributed by atoms with Crippen molar-refractivity contribution >= 4 is 6.16 Å². The molecule has 0 bridgehead atoms. The molecule has 2 aromatic heterocycles. The van der Waals surface area contributed by atoms with Crippen molar-refractivity contribution in [1.29, 1.82) is 0 Å². The van der Waals surface area contributed by atoms with E-state index in [1.54, 1.807) is 13.8 Å². The van der Waals surface area contributed by atoms with Crippen molar-refractivity contribution in [3.05, 3.63) is 210 Å². The van der Waals surface area contributed by atoms with Gasteiger partial charge in [-0.1, -0.05) is 168 Å². The lowest BCUT2D eigenvalue weighted by atomic mass is 10.1. The first-order chi connectivity index (χ1) is 40.2. The molecule has 2 unspecified atom stereocenters. The smallest absolute Gasteiger partial charge is 0.433 e. The van der Waals surface area contributed by atoms with Crippen molar-refractivity contribution in [3.8, 4) is 0 Å². The minimum atomic E-state index is -0.759. The number of aryl methyl sites for hydroxylation is 2. The van der Waals surface area contributed by atoms with Gasteiger partial charge in [0.05, 0.1) is 18.3 Å². The molecule has 10 rings (SSSR count). The minimum Gasteiger partial charge on any atom is -0.433 e. The van der Waals surface area contributed by atoms with E-state index >= 15 is 0 Å². The second kappa shape index (κ2) is 39.7. The molecule has 4 N–H and O–H groups in total. The average molecular weight is 1160 g/mol. The summed E-state index contributed by atoms with van der Waals surface area (Å²) < 4.78 is 24.8. The summed E-state index contributed by atoms with van der Waals surface area (Å²) in [7, 11) is 4.17. The van der Waals surface area contributed by atoms with Crippen LogP contribution in [0.25, 0.3) is 0 Å². The van der Waals surface area contributed by atoms with E-state index in [0.29, 0.717) is 43.4 Å². The van der Waals surface area contributed by atoms with Crippen molar-refractivity contribution < 1.29 is 28.8 Å². The summed E-state index contributed by atoms with van der Waals surface area (Å²) in [5.74, 6) is 0. The third-order valence-corrected chi connectivity index (χ3v) is 14.4. The van der Waals surface area contributed by atoms with Gasteiger partial charge in [0.1, 0.15) is 25.2 Å². The van der Waals surface area contributed by atoms with Gasteiger partial charge in [0.25, 0.3) is 11.1 Å². The lowest BCUT2D eigenvalue weighted by molar-refractivity contribution is -0.0380. The van der Waals surface area contributed by atoms with Crippen molar-refractivity contribution in [1.82, 2.24) is 39.1 Å². The third-order valence-electron chi connectivity index (χ3n) is 14.4. The molecule has 84 heavy (non-hydrogen) atoms. The Morgan fingerprint density at radius 3 is 1.43 bits per heavy atom. The van der Waals surface area contributed by atoms with Gasteiger partial charge in [-0.15, -0.1) is 0 Å². The molecule has 18 nitrogen and oxygen atoms in total. The van der Waals surface area contributed by atoms with Gasteiger partial charge in [0.15, 0.2) is 0 Å². The van der Waals surface area contributed by atoms with Crippen LogP contribution in [0, 0.1) is 13.8 Å². The molecule has 18 heteroatoms. The maximum Gasteiger partial charge on any atom is 0.508 e. The Morgan fingerprint density at radius 2 is 1.01 bits per heavy atom. The average Bonchev–Trinajstić information content (AvgIpc) is 4.17. The van der Waals surface area contributed by atoms with Crippen molar-refractivity contribution in [3.63, 3.8) is 0 Å². The molecule has 4 fully saturated rings. The zero-order valence-electron chi connectivity index (χ0n) is 49.8. The fraction of sp³-hybridized carbons (Fsp3) is 0.500. The van der Waals surface area contributed by atoms with Crippen molar-refractivity contribution in [2.75, 3.05) is 66.5 Å². The first-order valence-electron chi connectivity index (χ1n) is 29.6. The van der Waals surface area contributed by atoms with E-state index in [9.17, 15) is 29.1 Å². The number of likely N-dealkylation sites (N-methyl/N-ethyl adjacent to an activating group) is 2. The first-order valence-corrected chi connectivity index (χ1v) is 29.6. The predicted octanol–water partition coefficient (Wildman–Crippen LogP) is 9.47. The van der Waals surface area contributed by atoms with E-state index in [1.165, 1.54) is 110 Å². The molecule has 6 atom stereocenters. The Bertz CT molecular complexity index is 2820. The third kappa shape index (κ3) is 26.0. The van der Waals surface area contributed by atoms with E-state index < -0.39 is 53.3 Å². The Labute approximate surface area is 497 Å². The number of nitrogens with zero attached hydrogens (tertiary/aromatic N) is 5. The molecule has 6 aromatic rings.